The smallest absolute Gasteiger partial charge is 0.328 e. The molecule has 1 saturated carbocycles. The Hall–Kier alpha value is -1.55. The fourth-order valence-corrected chi connectivity index (χ4v) is 2.22. The zero-order chi connectivity index (χ0) is 13.3. The second-order valence-corrected chi connectivity index (χ2v) is 4.95. The highest BCUT2D eigenvalue weighted by atomic mass is 16.5. The molecule has 18 heavy (non-hydrogen) atoms. The Morgan fingerprint density at radius 2 is 1.94 bits per heavy atom. The maximum Gasteiger partial charge on any atom is 0.328 e. The average Bonchev–Trinajstić information content (AvgIpc) is 3.21. The molecule has 0 spiro atoms. The Morgan fingerprint density at radius 1 is 1.39 bits per heavy atom. The SMILES string of the molecule is COc1ccc(C(C)(C(=O)O)N(C)C2CC2)cc1. The molecule has 1 N–H and O–H groups in total. The van der Waals surface area contributed by atoms with Gasteiger partial charge in [0.1, 0.15) is 11.3 Å². The lowest BCUT2D eigenvalue weighted by molar-refractivity contribution is -0.150. The highest BCUT2D eigenvalue weighted by Gasteiger charge is 2.45. The molecule has 0 aliphatic heterocycles. The van der Waals surface area contributed by atoms with E-state index in [-0.39, 0.29) is 0 Å². The van der Waals surface area contributed by atoms with Gasteiger partial charge in [-0.05, 0) is 44.5 Å². The third-order valence-corrected chi connectivity index (χ3v) is 3.87. The molecule has 0 saturated heterocycles. The number of aliphatic carboxylic acids is 1. The topological polar surface area (TPSA) is 49.8 Å². The van der Waals surface area contributed by atoms with Crippen molar-refractivity contribution in [1.29, 1.82) is 0 Å². The molecular formula is C14H19NO3. The van der Waals surface area contributed by atoms with Crippen molar-refractivity contribution in [3.8, 4) is 5.75 Å². The van der Waals surface area contributed by atoms with Gasteiger partial charge < -0.3 is 9.84 Å². The fraction of sp³-hybridized carbons (Fsp3) is 0.500. The van der Waals surface area contributed by atoms with Crippen LogP contribution in [0.4, 0.5) is 0 Å². The van der Waals surface area contributed by atoms with Crippen LogP contribution in [0.5, 0.6) is 5.75 Å². The van der Waals surface area contributed by atoms with Gasteiger partial charge in [0.2, 0.25) is 0 Å². The Balaban J connectivity index is 2.36. The number of methoxy groups -OCH3 is 1. The quantitative estimate of drug-likeness (QED) is 0.868. The van der Waals surface area contributed by atoms with E-state index in [4.69, 9.17) is 4.74 Å². The Labute approximate surface area is 107 Å². The summed E-state index contributed by atoms with van der Waals surface area (Å²) in [5, 5.41) is 9.59. The highest BCUT2D eigenvalue weighted by Crippen LogP contribution is 2.37. The fourth-order valence-electron chi connectivity index (χ4n) is 2.22. The Bertz CT molecular complexity index is 439. The Morgan fingerprint density at radius 3 is 2.33 bits per heavy atom. The van der Waals surface area contributed by atoms with Crippen LogP contribution in [-0.4, -0.2) is 36.2 Å². The van der Waals surface area contributed by atoms with Gasteiger partial charge >= 0.3 is 5.97 Å². The molecule has 0 radical (unpaired) electrons. The van der Waals surface area contributed by atoms with E-state index in [0.29, 0.717) is 6.04 Å². The molecule has 0 amide bonds. The maximum absolute atomic E-state index is 11.7. The molecule has 1 aromatic carbocycles. The van der Waals surface area contributed by atoms with Gasteiger partial charge in [0, 0.05) is 6.04 Å². The number of hydrogen-bond acceptors (Lipinski definition) is 3. The van der Waals surface area contributed by atoms with Gasteiger partial charge in [-0.1, -0.05) is 12.1 Å². The van der Waals surface area contributed by atoms with Crippen molar-refractivity contribution < 1.29 is 14.6 Å². The second kappa shape index (κ2) is 4.61. The maximum atomic E-state index is 11.7. The van der Waals surface area contributed by atoms with Crippen LogP contribution in [0.1, 0.15) is 25.3 Å². The summed E-state index contributed by atoms with van der Waals surface area (Å²) in [5.74, 6) is -0.0809. The van der Waals surface area contributed by atoms with E-state index in [2.05, 4.69) is 0 Å². The normalized spacial score (nSPS) is 18.4. The molecule has 0 heterocycles. The van der Waals surface area contributed by atoms with E-state index < -0.39 is 11.5 Å². The van der Waals surface area contributed by atoms with Gasteiger partial charge in [0.05, 0.1) is 7.11 Å². The molecule has 0 aromatic heterocycles. The summed E-state index contributed by atoms with van der Waals surface area (Å²) in [6, 6.07) is 7.64. The van der Waals surface area contributed by atoms with Gasteiger partial charge in [-0.2, -0.15) is 0 Å². The zero-order valence-electron chi connectivity index (χ0n) is 11.0. The number of carboxylic acids is 1. The summed E-state index contributed by atoms with van der Waals surface area (Å²) in [5.41, 5.74) is -0.196. The van der Waals surface area contributed by atoms with Crippen molar-refractivity contribution >= 4 is 5.97 Å². The molecule has 4 nitrogen and oxygen atoms in total. The van der Waals surface area contributed by atoms with Crippen molar-refractivity contribution in [3.63, 3.8) is 0 Å². The predicted molar refractivity (Wildman–Crippen MR) is 68.8 cm³/mol. The van der Waals surface area contributed by atoms with E-state index in [9.17, 15) is 9.90 Å². The first kappa shape index (κ1) is 12.9. The third-order valence-electron chi connectivity index (χ3n) is 3.87. The van der Waals surface area contributed by atoms with Crippen molar-refractivity contribution in [3.05, 3.63) is 29.8 Å². The molecule has 1 fully saturated rings. The van der Waals surface area contributed by atoms with Crippen molar-refractivity contribution in [2.75, 3.05) is 14.2 Å². The standard InChI is InChI=1S/C14H19NO3/c1-14(13(16)17,15(2)11-6-7-11)10-4-8-12(18-3)9-5-10/h4-5,8-9,11H,6-7H2,1-3H3,(H,16,17). The molecule has 1 aromatic rings. The summed E-state index contributed by atoms with van der Waals surface area (Å²) in [6.45, 7) is 1.76. The van der Waals surface area contributed by atoms with Crippen LogP contribution < -0.4 is 4.74 Å². The summed E-state index contributed by atoms with van der Waals surface area (Å²) in [7, 11) is 3.48. The summed E-state index contributed by atoms with van der Waals surface area (Å²) < 4.78 is 5.10. The lowest BCUT2D eigenvalue weighted by Gasteiger charge is -2.35. The van der Waals surface area contributed by atoms with Crippen molar-refractivity contribution in [1.82, 2.24) is 4.90 Å². The monoisotopic (exact) mass is 249 g/mol. The van der Waals surface area contributed by atoms with Crippen LogP contribution in [-0.2, 0) is 10.3 Å². The van der Waals surface area contributed by atoms with Crippen LogP contribution in [0.3, 0.4) is 0 Å². The minimum absolute atomic E-state index is 0.383. The van der Waals surface area contributed by atoms with Gasteiger partial charge in [-0.25, -0.2) is 4.79 Å². The van der Waals surface area contributed by atoms with Crippen molar-refractivity contribution in [2.24, 2.45) is 0 Å². The largest absolute Gasteiger partial charge is 0.497 e. The number of hydrogen-bond donors (Lipinski definition) is 1. The lowest BCUT2D eigenvalue weighted by atomic mass is 9.90. The number of ether oxygens (including phenoxy) is 1. The molecule has 4 heteroatoms. The Kier molecular flexibility index (Phi) is 3.30. The van der Waals surface area contributed by atoms with E-state index in [1.54, 1.807) is 26.2 Å². The molecular weight excluding hydrogens is 230 g/mol. The average molecular weight is 249 g/mol. The van der Waals surface area contributed by atoms with E-state index >= 15 is 0 Å². The molecule has 0 bridgehead atoms. The predicted octanol–water partition coefficient (Wildman–Crippen LogP) is 2.09. The minimum atomic E-state index is -0.979. The number of rotatable bonds is 5. The third kappa shape index (κ3) is 2.08. The van der Waals surface area contributed by atoms with Crippen LogP contribution >= 0.6 is 0 Å². The van der Waals surface area contributed by atoms with E-state index in [1.807, 2.05) is 24.1 Å². The van der Waals surface area contributed by atoms with Crippen LogP contribution in [0.2, 0.25) is 0 Å². The summed E-state index contributed by atoms with van der Waals surface area (Å²) >= 11 is 0. The number of nitrogens with zero attached hydrogens (tertiary/aromatic N) is 1. The molecule has 98 valence electrons. The first-order chi connectivity index (χ1) is 8.50. The first-order valence-corrected chi connectivity index (χ1v) is 6.11. The van der Waals surface area contributed by atoms with Gasteiger partial charge in [-0.15, -0.1) is 0 Å². The van der Waals surface area contributed by atoms with E-state index in [1.165, 1.54) is 0 Å². The number of carboxylic acid groups (broad SMARTS) is 1. The van der Waals surface area contributed by atoms with Gasteiger partial charge in [0.15, 0.2) is 0 Å². The minimum Gasteiger partial charge on any atom is -0.497 e. The summed E-state index contributed by atoms with van der Waals surface area (Å²) in [4.78, 5) is 13.6. The van der Waals surface area contributed by atoms with Crippen LogP contribution in [0, 0.1) is 0 Å². The molecule has 1 aliphatic carbocycles. The van der Waals surface area contributed by atoms with Gasteiger partial charge in [0.25, 0.3) is 0 Å². The number of likely N-dealkylation sites (N-methyl/N-ethyl adjacent to an activating group) is 1. The number of carbonyl (C=O) groups is 1. The van der Waals surface area contributed by atoms with E-state index in [0.717, 1.165) is 24.2 Å². The molecule has 1 unspecified atom stereocenters. The lowest BCUT2D eigenvalue weighted by Crippen LogP contribution is -2.48. The molecule has 2 rings (SSSR count). The van der Waals surface area contributed by atoms with Crippen LogP contribution in [0.25, 0.3) is 0 Å². The second-order valence-electron chi connectivity index (χ2n) is 4.95. The molecule has 1 atom stereocenters. The zero-order valence-corrected chi connectivity index (χ0v) is 11.0. The first-order valence-electron chi connectivity index (χ1n) is 6.11. The highest BCUT2D eigenvalue weighted by molar-refractivity contribution is 5.80. The van der Waals surface area contributed by atoms with Crippen molar-refractivity contribution in [2.45, 2.75) is 31.3 Å². The van der Waals surface area contributed by atoms with Gasteiger partial charge in [-0.3, -0.25) is 4.90 Å². The number of benzene rings is 1. The van der Waals surface area contributed by atoms with Crippen LogP contribution in [0.15, 0.2) is 24.3 Å². The summed E-state index contributed by atoms with van der Waals surface area (Å²) in [6.07, 6.45) is 2.16. The molecule has 1 aliphatic rings.